The number of nitrogens with two attached hydrogens (primary N) is 1. The first-order chi connectivity index (χ1) is 10.3. The van der Waals surface area contributed by atoms with Crippen LogP contribution in [0.4, 0.5) is 5.69 Å². The van der Waals surface area contributed by atoms with Crippen molar-refractivity contribution >= 4 is 18.3 Å². The monoisotopic (exact) mass is 281 g/mol. The molecule has 0 aromatic heterocycles. The van der Waals surface area contributed by atoms with Gasteiger partial charge in [-0.15, -0.1) is 0 Å². The molecule has 0 saturated heterocycles. The van der Waals surface area contributed by atoms with Gasteiger partial charge in [0.05, 0.1) is 0 Å². The van der Waals surface area contributed by atoms with Crippen LogP contribution >= 0.6 is 0 Å². The predicted octanol–water partition coefficient (Wildman–Crippen LogP) is 3.39. The topological polar surface area (TPSA) is 60.2 Å². The van der Waals surface area contributed by atoms with Gasteiger partial charge in [0.2, 0.25) is 0 Å². The van der Waals surface area contributed by atoms with Crippen molar-refractivity contribution < 1.29 is 9.59 Å². The summed E-state index contributed by atoms with van der Waals surface area (Å²) in [5.41, 5.74) is 12.1. The fraction of sp³-hybridized carbons (Fsp3) is 0.222. The highest BCUT2D eigenvalue weighted by molar-refractivity contribution is 5.78. The maximum absolute atomic E-state index is 9.56. The molecule has 0 spiro atoms. The molecule has 0 saturated carbocycles. The van der Waals surface area contributed by atoms with Crippen LogP contribution in [-0.2, 0) is 16.0 Å². The summed E-state index contributed by atoms with van der Waals surface area (Å²) in [6, 6.07) is 14.7. The van der Waals surface area contributed by atoms with Crippen molar-refractivity contribution in [3.63, 3.8) is 0 Å². The van der Waals surface area contributed by atoms with Gasteiger partial charge in [-0.05, 0) is 47.2 Å². The van der Waals surface area contributed by atoms with Crippen LogP contribution in [0.1, 0.15) is 30.4 Å². The SMILES string of the molecule is Nc1ccc2c(c1)Cc1ccccc1-2.O=CCCCC=O. The highest BCUT2D eigenvalue weighted by Gasteiger charge is 2.16. The lowest BCUT2D eigenvalue weighted by atomic mass is 10.1. The Hall–Kier alpha value is -2.42. The van der Waals surface area contributed by atoms with Crippen molar-refractivity contribution in [1.29, 1.82) is 0 Å². The van der Waals surface area contributed by atoms with Gasteiger partial charge in [-0.1, -0.05) is 30.3 Å². The third-order valence-corrected chi connectivity index (χ3v) is 3.46. The number of nitrogen functional groups attached to an aromatic ring is 1. The normalized spacial score (nSPS) is 10.9. The Labute approximate surface area is 124 Å². The van der Waals surface area contributed by atoms with Crippen LogP contribution in [0, 0.1) is 0 Å². The summed E-state index contributed by atoms with van der Waals surface area (Å²) in [6.07, 6.45) is 4.40. The summed E-state index contributed by atoms with van der Waals surface area (Å²) < 4.78 is 0. The summed E-state index contributed by atoms with van der Waals surface area (Å²) in [6.45, 7) is 0. The minimum Gasteiger partial charge on any atom is -0.399 e. The lowest BCUT2D eigenvalue weighted by Gasteiger charge is -2.00. The average molecular weight is 281 g/mol. The number of hydrogen-bond acceptors (Lipinski definition) is 3. The number of unbranched alkanes of at least 4 members (excludes halogenated alkanes) is 2. The first-order valence-corrected chi connectivity index (χ1v) is 7.10. The molecular weight excluding hydrogens is 262 g/mol. The number of aldehydes is 2. The fourth-order valence-electron chi connectivity index (χ4n) is 2.45. The minimum absolute atomic E-state index is 0.513. The first-order valence-electron chi connectivity index (χ1n) is 7.10. The van der Waals surface area contributed by atoms with Crippen LogP contribution in [0.25, 0.3) is 11.1 Å². The molecule has 1 aliphatic carbocycles. The third kappa shape index (κ3) is 3.78. The van der Waals surface area contributed by atoms with Gasteiger partial charge in [0.15, 0.2) is 0 Å². The molecule has 108 valence electrons. The molecule has 0 unspecified atom stereocenters. The average Bonchev–Trinajstić information content (AvgIpc) is 2.86. The second-order valence-corrected chi connectivity index (χ2v) is 5.01. The highest BCUT2D eigenvalue weighted by atomic mass is 16.1. The summed E-state index contributed by atoms with van der Waals surface area (Å²) in [4.78, 5) is 19.1. The van der Waals surface area contributed by atoms with Crippen molar-refractivity contribution in [3.05, 3.63) is 53.6 Å². The Kier molecular flexibility index (Phi) is 5.27. The smallest absolute Gasteiger partial charge is 0.120 e. The molecule has 3 nitrogen and oxygen atoms in total. The molecule has 2 aromatic carbocycles. The van der Waals surface area contributed by atoms with Crippen LogP contribution in [0.3, 0.4) is 0 Å². The number of benzene rings is 2. The van der Waals surface area contributed by atoms with Gasteiger partial charge >= 0.3 is 0 Å². The van der Waals surface area contributed by atoms with Crippen LogP contribution in [0.2, 0.25) is 0 Å². The highest BCUT2D eigenvalue weighted by Crippen LogP contribution is 2.36. The number of anilines is 1. The van der Waals surface area contributed by atoms with Gasteiger partial charge in [0.1, 0.15) is 12.6 Å². The van der Waals surface area contributed by atoms with Gasteiger partial charge in [0, 0.05) is 18.5 Å². The Morgan fingerprint density at radius 3 is 2.29 bits per heavy atom. The zero-order chi connectivity index (χ0) is 15.1. The van der Waals surface area contributed by atoms with Crippen LogP contribution < -0.4 is 5.73 Å². The van der Waals surface area contributed by atoms with E-state index in [-0.39, 0.29) is 0 Å². The van der Waals surface area contributed by atoms with Crippen molar-refractivity contribution in [2.45, 2.75) is 25.7 Å². The van der Waals surface area contributed by atoms with E-state index in [1.165, 1.54) is 22.3 Å². The van der Waals surface area contributed by atoms with E-state index in [9.17, 15) is 9.59 Å². The Balaban J connectivity index is 0.000000199. The van der Waals surface area contributed by atoms with E-state index in [0.29, 0.717) is 19.3 Å². The number of fused-ring (bicyclic) bond motifs is 3. The molecule has 2 N–H and O–H groups in total. The van der Waals surface area contributed by atoms with Crippen molar-refractivity contribution in [1.82, 2.24) is 0 Å². The summed E-state index contributed by atoms with van der Waals surface area (Å²) >= 11 is 0. The summed E-state index contributed by atoms with van der Waals surface area (Å²) in [5.74, 6) is 0. The summed E-state index contributed by atoms with van der Waals surface area (Å²) in [7, 11) is 0. The molecule has 0 radical (unpaired) electrons. The number of rotatable bonds is 4. The fourth-order valence-corrected chi connectivity index (χ4v) is 2.45. The maximum Gasteiger partial charge on any atom is 0.120 e. The van der Waals surface area contributed by atoms with E-state index in [1.54, 1.807) is 0 Å². The molecule has 0 bridgehead atoms. The van der Waals surface area contributed by atoms with E-state index >= 15 is 0 Å². The quantitative estimate of drug-likeness (QED) is 0.453. The molecule has 0 amide bonds. The minimum atomic E-state index is 0.513. The Morgan fingerprint density at radius 2 is 1.57 bits per heavy atom. The Bertz CT molecular complexity index is 627. The second kappa shape index (κ2) is 7.39. The van der Waals surface area contributed by atoms with Gasteiger partial charge in [-0.2, -0.15) is 0 Å². The molecule has 0 atom stereocenters. The van der Waals surface area contributed by atoms with Crippen LogP contribution in [0.15, 0.2) is 42.5 Å². The third-order valence-electron chi connectivity index (χ3n) is 3.46. The molecule has 3 rings (SSSR count). The molecule has 0 fully saturated rings. The molecule has 0 aliphatic heterocycles. The van der Waals surface area contributed by atoms with E-state index in [0.717, 1.165) is 24.7 Å². The van der Waals surface area contributed by atoms with Gasteiger partial charge in [0.25, 0.3) is 0 Å². The maximum atomic E-state index is 9.56. The molecule has 2 aromatic rings. The van der Waals surface area contributed by atoms with E-state index in [4.69, 9.17) is 5.73 Å². The van der Waals surface area contributed by atoms with Crippen LogP contribution in [0.5, 0.6) is 0 Å². The largest absolute Gasteiger partial charge is 0.399 e. The summed E-state index contributed by atoms with van der Waals surface area (Å²) in [5, 5.41) is 0. The van der Waals surface area contributed by atoms with E-state index in [2.05, 4.69) is 36.4 Å². The molecular formula is C18H19NO2. The zero-order valence-corrected chi connectivity index (χ0v) is 11.9. The van der Waals surface area contributed by atoms with Crippen molar-refractivity contribution in [2.75, 3.05) is 5.73 Å². The number of hydrogen-bond donors (Lipinski definition) is 1. The Morgan fingerprint density at radius 1 is 0.905 bits per heavy atom. The van der Waals surface area contributed by atoms with Gasteiger partial charge < -0.3 is 15.3 Å². The number of carbonyl (C=O) groups excluding carboxylic acids is 2. The lowest BCUT2D eigenvalue weighted by molar-refractivity contribution is -0.108. The second-order valence-electron chi connectivity index (χ2n) is 5.01. The van der Waals surface area contributed by atoms with E-state index in [1.807, 2.05) is 6.07 Å². The zero-order valence-electron chi connectivity index (χ0n) is 11.9. The van der Waals surface area contributed by atoms with Gasteiger partial charge in [-0.25, -0.2) is 0 Å². The first kappa shape index (κ1) is 15.0. The standard InChI is InChI=1S/C13H11N.C5H8O2/c14-11-5-6-13-10(8-11)7-9-3-1-2-4-12(9)13;6-4-2-1-3-5-7/h1-6,8H,7,14H2;4-5H,1-3H2. The molecule has 3 heteroatoms. The molecule has 1 aliphatic rings. The lowest BCUT2D eigenvalue weighted by Crippen LogP contribution is -1.86. The molecule has 0 heterocycles. The van der Waals surface area contributed by atoms with Crippen LogP contribution in [-0.4, -0.2) is 12.6 Å². The van der Waals surface area contributed by atoms with Crippen molar-refractivity contribution in [3.8, 4) is 11.1 Å². The molecule has 21 heavy (non-hydrogen) atoms. The van der Waals surface area contributed by atoms with E-state index < -0.39 is 0 Å². The van der Waals surface area contributed by atoms with Crippen molar-refractivity contribution in [2.24, 2.45) is 0 Å². The number of carbonyl (C=O) groups is 2. The van der Waals surface area contributed by atoms with Gasteiger partial charge in [-0.3, -0.25) is 0 Å². The predicted molar refractivity (Wildman–Crippen MR) is 85.1 cm³/mol.